The molecule has 1 fully saturated rings. The van der Waals surface area contributed by atoms with Crippen LogP contribution in [-0.4, -0.2) is 53.4 Å². The molecule has 5 N–H and O–H groups in total. The number of nitrogens with zero attached hydrogens (tertiary/aromatic N) is 1. The van der Waals surface area contributed by atoms with Crippen LogP contribution in [0.5, 0.6) is 0 Å². The number of carboxylic acid groups (broad SMARTS) is 1. The summed E-state index contributed by atoms with van der Waals surface area (Å²) < 4.78 is 58.2. The third-order valence-corrected chi connectivity index (χ3v) is 6.64. The van der Waals surface area contributed by atoms with E-state index in [9.17, 15) is 31.2 Å². The molecule has 1 aliphatic heterocycles. The third-order valence-electron chi connectivity index (χ3n) is 4.22. The van der Waals surface area contributed by atoms with Gasteiger partial charge < -0.3 is 16.6 Å². The van der Waals surface area contributed by atoms with Gasteiger partial charge in [0.1, 0.15) is 5.25 Å². The molecule has 1 aliphatic rings. The van der Waals surface area contributed by atoms with Crippen LogP contribution in [0, 0.1) is 0 Å². The molecule has 1 aromatic rings. The van der Waals surface area contributed by atoms with Crippen LogP contribution in [0.4, 0.5) is 13.2 Å². The van der Waals surface area contributed by atoms with Crippen molar-refractivity contribution in [2.45, 2.75) is 56.6 Å². The lowest BCUT2D eigenvalue weighted by Crippen LogP contribution is -2.45. The Labute approximate surface area is 177 Å². The van der Waals surface area contributed by atoms with E-state index in [1.54, 1.807) is 45.0 Å². The summed E-state index contributed by atoms with van der Waals surface area (Å²) in [5.74, 6) is -3.75. The summed E-state index contributed by atoms with van der Waals surface area (Å²) in [6, 6.07) is 5.94. The van der Waals surface area contributed by atoms with Crippen molar-refractivity contribution in [3.8, 4) is 0 Å². The lowest BCUT2D eigenvalue weighted by Gasteiger charge is -2.30. The van der Waals surface area contributed by atoms with Gasteiger partial charge in [-0.15, -0.1) is 0 Å². The highest BCUT2D eigenvalue weighted by atomic mass is 32.2. The molecule has 31 heavy (non-hydrogen) atoms. The van der Waals surface area contributed by atoms with Gasteiger partial charge in [0, 0.05) is 0 Å². The number of sulfonamides is 1. The Bertz CT molecular complexity index is 940. The summed E-state index contributed by atoms with van der Waals surface area (Å²) in [6.07, 6.45) is -4.88. The minimum absolute atomic E-state index is 0.0697. The number of benzene rings is 1. The number of rotatable bonds is 4. The zero-order valence-electron chi connectivity index (χ0n) is 17.0. The van der Waals surface area contributed by atoms with Crippen LogP contribution in [0.15, 0.2) is 24.3 Å². The van der Waals surface area contributed by atoms with Crippen LogP contribution < -0.4 is 11.5 Å². The average molecular weight is 467 g/mol. The zero-order chi connectivity index (χ0) is 24.4. The fourth-order valence-electron chi connectivity index (χ4n) is 2.88. The number of carbonyl (C=O) groups is 3. The number of aliphatic carboxylic acids is 1. The summed E-state index contributed by atoms with van der Waals surface area (Å²) in [6.45, 7) is 5.08. The van der Waals surface area contributed by atoms with Crippen molar-refractivity contribution in [2.24, 2.45) is 11.5 Å². The van der Waals surface area contributed by atoms with E-state index in [1.807, 2.05) is 0 Å². The summed E-state index contributed by atoms with van der Waals surface area (Å²) in [5.41, 5.74) is 11.3. The Hall–Kier alpha value is -2.67. The fourth-order valence-corrected chi connectivity index (χ4v) is 5.12. The number of alkyl halides is 3. The maximum absolute atomic E-state index is 12.7. The minimum Gasteiger partial charge on any atom is -0.475 e. The normalized spacial score (nSPS) is 19.4. The van der Waals surface area contributed by atoms with Gasteiger partial charge in [-0.05, 0) is 38.3 Å². The Balaban J connectivity index is 0.000000592. The van der Waals surface area contributed by atoms with Crippen molar-refractivity contribution in [1.82, 2.24) is 4.31 Å². The molecule has 0 aromatic heterocycles. The number of hydrogen-bond donors (Lipinski definition) is 3. The maximum atomic E-state index is 12.7. The van der Waals surface area contributed by atoms with Gasteiger partial charge >= 0.3 is 12.1 Å². The molecule has 0 aliphatic carbocycles. The average Bonchev–Trinajstić information content (AvgIpc) is 2.83. The van der Waals surface area contributed by atoms with E-state index in [0.717, 1.165) is 9.87 Å². The molecule has 0 bridgehead atoms. The highest BCUT2D eigenvalue weighted by Crippen LogP contribution is 2.40. The third kappa shape index (κ3) is 6.66. The Morgan fingerprint density at radius 1 is 1.19 bits per heavy atom. The summed E-state index contributed by atoms with van der Waals surface area (Å²) in [7, 11) is -3.75. The van der Waals surface area contributed by atoms with E-state index in [1.165, 1.54) is 0 Å². The molecule has 0 saturated carbocycles. The molecule has 1 heterocycles. The van der Waals surface area contributed by atoms with Gasteiger partial charge in [0.05, 0.1) is 18.0 Å². The van der Waals surface area contributed by atoms with E-state index in [-0.39, 0.29) is 12.8 Å². The van der Waals surface area contributed by atoms with Crippen LogP contribution in [0.1, 0.15) is 43.6 Å². The largest absolute Gasteiger partial charge is 0.490 e. The van der Waals surface area contributed by atoms with Crippen molar-refractivity contribution in [3.05, 3.63) is 35.4 Å². The Kier molecular flexibility index (Phi) is 7.84. The molecule has 2 atom stereocenters. The molecule has 1 aromatic carbocycles. The van der Waals surface area contributed by atoms with Gasteiger partial charge in [0.25, 0.3) is 0 Å². The second-order valence-electron chi connectivity index (χ2n) is 7.82. The SMILES string of the molecule is CC(C)(C)N1C(=O)C[C@@H](c2ccc(CC(N)C(N)=O)cc2)S1(=O)=O.O=C(O)C(F)(F)F. The molecule has 9 nitrogen and oxygen atoms in total. The Morgan fingerprint density at radius 2 is 1.65 bits per heavy atom. The Morgan fingerprint density at radius 3 is 1.97 bits per heavy atom. The van der Waals surface area contributed by atoms with Gasteiger partial charge in [-0.25, -0.2) is 17.5 Å². The standard InChI is InChI=1S/C16H23N3O4S.C2HF3O2/c1-16(2,3)19-14(20)9-13(24(19,22)23)11-6-4-10(5-7-11)8-12(17)15(18)21;3-2(4,5)1(6)7/h4-7,12-13H,8-9,17H2,1-3H3,(H2,18,21);(H,6,7)/t12?,13-;/m0./s1. The number of carbonyl (C=O) groups excluding carboxylic acids is 2. The minimum atomic E-state index is -5.08. The van der Waals surface area contributed by atoms with Crippen molar-refractivity contribution in [3.63, 3.8) is 0 Å². The zero-order valence-corrected chi connectivity index (χ0v) is 17.8. The predicted molar refractivity (Wildman–Crippen MR) is 104 cm³/mol. The molecular formula is C18H24F3N3O6S. The number of amides is 2. The van der Waals surface area contributed by atoms with Crippen molar-refractivity contribution >= 4 is 27.8 Å². The van der Waals surface area contributed by atoms with Crippen LogP contribution in [0.2, 0.25) is 0 Å². The smallest absolute Gasteiger partial charge is 0.475 e. The van der Waals surface area contributed by atoms with Gasteiger partial charge in [0.15, 0.2) is 0 Å². The lowest BCUT2D eigenvalue weighted by molar-refractivity contribution is -0.192. The highest BCUT2D eigenvalue weighted by molar-refractivity contribution is 7.90. The molecule has 0 radical (unpaired) electrons. The quantitative estimate of drug-likeness (QED) is 0.597. The number of carboxylic acids is 1. The number of hydrogen-bond acceptors (Lipinski definition) is 6. The van der Waals surface area contributed by atoms with Crippen molar-refractivity contribution in [1.29, 1.82) is 0 Å². The first-order valence-electron chi connectivity index (χ1n) is 8.90. The topological polar surface area (TPSA) is 161 Å². The summed E-state index contributed by atoms with van der Waals surface area (Å²) in [5, 5.41) is 6.24. The number of halogens is 3. The van der Waals surface area contributed by atoms with Crippen molar-refractivity contribution in [2.75, 3.05) is 0 Å². The van der Waals surface area contributed by atoms with E-state index in [2.05, 4.69) is 0 Å². The van der Waals surface area contributed by atoms with Crippen molar-refractivity contribution < 1.29 is 41.1 Å². The van der Waals surface area contributed by atoms with Crippen LogP contribution in [0.25, 0.3) is 0 Å². The molecule has 1 saturated heterocycles. The molecule has 13 heteroatoms. The van der Waals surface area contributed by atoms with Gasteiger partial charge in [-0.1, -0.05) is 24.3 Å². The van der Waals surface area contributed by atoms with Gasteiger partial charge in [0.2, 0.25) is 21.8 Å². The highest BCUT2D eigenvalue weighted by Gasteiger charge is 2.49. The van der Waals surface area contributed by atoms with E-state index >= 15 is 0 Å². The maximum Gasteiger partial charge on any atom is 0.490 e. The molecule has 0 spiro atoms. The summed E-state index contributed by atoms with van der Waals surface area (Å²) in [4.78, 5) is 32.1. The van der Waals surface area contributed by atoms with E-state index < -0.39 is 50.8 Å². The summed E-state index contributed by atoms with van der Waals surface area (Å²) >= 11 is 0. The first-order valence-corrected chi connectivity index (χ1v) is 10.4. The van der Waals surface area contributed by atoms with Crippen LogP contribution in [0.3, 0.4) is 0 Å². The molecular weight excluding hydrogens is 443 g/mol. The second kappa shape index (κ2) is 9.22. The number of nitrogens with two attached hydrogens (primary N) is 2. The van der Waals surface area contributed by atoms with Gasteiger partial charge in [-0.2, -0.15) is 13.2 Å². The fraction of sp³-hybridized carbons (Fsp3) is 0.500. The molecule has 2 rings (SSSR count). The first-order chi connectivity index (χ1) is 13.9. The van der Waals surface area contributed by atoms with E-state index in [4.69, 9.17) is 21.4 Å². The van der Waals surface area contributed by atoms with Crippen LogP contribution >= 0.6 is 0 Å². The molecule has 1 unspecified atom stereocenters. The van der Waals surface area contributed by atoms with E-state index in [0.29, 0.717) is 5.56 Å². The number of primary amides is 1. The monoisotopic (exact) mass is 467 g/mol. The first kappa shape index (κ1) is 26.4. The molecule has 2 amide bonds. The predicted octanol–water partition coefficient (Wildman–Crippen LogP) is 1.08. The lowest BCUT2D eigenvalue weighted by atomic mass is 10.0. The second-order valence-corrected chi connectivity index (χ2v) is 9.79. The van der Waals surface area contributed by atoms with Crippen LogP contribution in [-0.2, 0) is 30.8 Å². The molecule has 174 valence electrons. The van der Waals surface area contributed by atoms with Gasteiger partial charge in [-0.3, -0.25) is 9.59 Å².